The van der Waals surface area contributed by atoms with Gasteiger partial charge in [-0.2, -0.15) is 0 Å². The van der Waals surface area contributed by atoms with Gasteiger partial charge in [0.25, 0.3) is 0 Å². The highest BCUT2D eigenvalue weighted by atomic mass is 16.1. The first-order valence-electron chi connectivity index (χ1n) is 7.46. The molecule has 0 bridgehead atoms. The fraction of sp³-hybridized carbons (Fsp3) is 0.375. The molecule has 0 spiro atoms. The van der Waals surface area contributed by atoms with Crippen molar-refractivity contribution in [2.75, 3.05) is 13.1 Å². The van der Waals surface area contributed by atoms with Gasteiger partial charge in [0.1, 0.15) is 5.82 Å². The van der Waals surface area contributed by atoms with Crippen LogP contribution in [0, 0.1) is 0 Å². The normalized spacial score (nSPS) is 21.1. The number of fused-ring (bicyclic) bond motifs is 1. The number of aromatic nitrogens is 2. The second-order valence-corrected chi connectivity index (χ2v) is 5.65. The number of amides is 1. The van der Waals surface area contributed by atoms with Gasteiger partial charge >= 0.3 is 0 Å². The summed E-state index contributed by atoms with van der Waals surface area (Å²) < 4.78 is 2.30. The highest BCUT2D eigenvalue weighted by Gasteiger charge is 2.30. The van der Waals surface area contributed by atoms with Crippen molar-refractivity contribution in [2.45, 2.75) is 25.4 Å². The fourth-order valence-corrected chi connectivity index (χ4v) is 3.29. The molecular formula is C16H18N4O. The van der Waals surface area contributed by atoms with Crippen molar-refractivity contribution in [3.8, 4) is 11.4 Å². The lowest BCUT2D eigenvalue weighted by Gasteiger charge is -2.20. The van der Waals surface area contributed by atoms with Gasteiger partial charge in [-0.15, -0.1) is 0 Å². The molecule has 0 aliphatic carbocycles. The van der Waals surface area contributed by atoms with Crippen LogP contribution in [0.5, 0.6) is 0 Å². The molecule has 21 heavy (non-hydrogen) atoms. The zero-order valence-corrected chi connectivity index (χ0v) is 11.8. The smallest absolute Gasteiger partial charge is 0.222 e. The molecule has 1 saturated heterocycles. The van der Waals surface area contributed by atoms with E-state index in [1.54, 1.807) is 0 Å². The largest absolute Gasteiger partial charge is 0.354 e. The molecule has 5 heteroatoms. The van der Waals surface area contributed by atoms with E-state index in [0.29, 0.717) is 13.0 Å². The summed E-state index contributed by atoms with van der Waals surface area (Å²) in [4.78, 5) is 16.5. The van der Waals surface area contributed by atoms with Gasteiger partial charge in [-0.05, 0) is 0 Å². The maximum atomic E-state index is 11.6. The summed E-state index contributed by atoms with van der Waals surface area (Å²) in [6.45, 7) is 2.49. The third kappa shape index (κ3) is 2.14. The van der Waals surface area contributed by atoms with Crippen LogP contribution in [0.4, 0.5) is 0 Å². The van der Waals surface area contributed by atoms with Crippen LogP contribution in [0.15, 0.2) is 30.3 Å². The Labute approximate surface area is 123 Å². The summed E-state index contributed by atoms with van der Waals surface area (Å²) in [7, 11) is 0. The maximum Gasteiger partial charge on any atom is 0.222 e. The van der Waals surface area contributed by atoms with Crippen molar-refractivity contribution in [3.63, 3.8) is 0 Å². The second kappa shape index (κ2) is 5.00. The summed E-state index contributed by atoms with van der Waals surface area (Å²) in [6, 6.07) is 10.4. The van der Waals surface area contributed by atoms with Gasteiger partial charge in [0, 0.05) is 43.7 Å². The molecule has 1 unspecified atom stereocenters. The maximum absolute atomic E-state index is 11.6. The average molecular weight is 282 g/mol. The number of imidazole rings is 1. The Morgan fingerprint density at radius 3 is 2.86 bits per heavy atom. The van der Waals surface area contributed by atoms with Crippen molar-refractivity contribution >= 4 is 5.91 Å². The first-order valence-corrected chi connectivity index (χ1v) is 7.46. The van der Waals surface area contributed by atoms with Crippen molar-refractivity contribution < 1.29 is 4.79 Å². The van der Waals surface area contributed by atoms with Crippen molar-refractivity contribution in [1.29, 1.82) is 0 Å². The van der Waals surface area contributed by atoms with Crippen LogP contribution in [0.1, 0.15) is 23.9 Å². The number of nitrogens with zero attached hydrogens (tertiary/aromatic N) is 2. The first kappa shape index (κ1) is 12.6. The third-order valence-corrected chi connectivity index (χ3v) is 4.28. The number of rotatable bonds is 2. The predicted octanol–water partition coefficient (Wildman–Crippen LogP) is 1.26. The second-order valence-electron chi connectivity index (χ2n) is 5.65. The predicted molar refractivity (Wildman–Crippen MR) is 79.7 cm³/mol. The molecule has 1 atom stereocenters. The van der Waals surface area contributed by atoms with Crippen LogP contribution < -0.4 is 10.6 Å². The highest BCUT2D eigenvalue weighted by Crippen LogP contribution is 2.30. The van der Waals surface area contributed by atoms with Gasteiger partial charge in [-0.1, -0.05) is 30.3 Å². The minimum atomic E-state index is 0.135. The van der Waals surface area contributed by atoms with Crippen LogP contribution >= 0.6 is 0 Å². The minimum absolute atomic E-state index is 0.135. The van der Waals surface area contributed by atoms with Crippen LogP contribution in [0.25, 0.3) is 11.4 Å². The summed E-state index contributed by atoms with van der Waals surface area (Å²) in [5.41, 5.74) is 3.53. The lowest BCUT2D eigenvalue weighted by molar-refractivity contribution is -0.119. The van der Waals surface area contributed by atoms with Gasteiger partial charge < -0.3 is 15.2 Å². The molecule has 0 radical (unpaired) electrons. The Hall–Kier alpha value is -2.14. The molecule has 1 aromatic heterocycles. The number of benzene rings is 1. The van der Waals surface area contributed by atoms with E-state index in [1.807, 2.05) is 18.2 Å². The molecule has 5 nitrogen and oxygen atoms in total. The standard InChI is InChI=1S/C16H18N4O/c21-15-8-12(9-18-15)20-14-6-7-17-10-13(14)19-16(20)11-4-2-1-3-5-11/h1-5,12,17H,6-10H2,(H,18,21). The number of carbonyl (C=O) groups excluding carboxylic acids is 1. The van der Waals surface area contributed by atoms with E-state index in [-0.39, 0.29) is 11.9 Å². The molecule has 2 aliphatic heterocycles. The molecule has 4 rings (SSSR count). The number of hydrogen-bond acceptors (Lipinski definition) is 3. The van der Waals surface area contributed by atoms with Crippen LogP contribution in [-0.2, 0) is 17.8 Å². The van der Waals surface area contributed by atoms with Crippen LogP contribution in [-0.4, -0.2) is 28.5 Å². The Bertz CT molecular complexity index is 677. The Balaban J connectivity index is 1.85. The van der Waals surface area contributed by atoms with Gasteiger partial charge in [-0.3, -0.25) is 4.79 Å². The average Bonchev–Trinajstić information content (AvgIpc) is 3.11. The van der Waals surface area contributed by atoms with E-state index in [2.05, 4.69) is 27.3 Å². The summed E-state index contributed by atoms with van der Waals surface area (Å²) in [5.74, 6) is 1.13. The summed E-state index contributed by atoms with van der Waals surface area (Å²) >= 11 is 0. The molecule has 1 aromatic carbocycles. The van der Waals surface area contributed by atoms with Gasteiger partial charge in [-0.25, -0.2) is 4.98 Å². The molecule has 1 fully saturated rings. The summed E-state index contributed by atoms with van der Waals surface area (Å²) in [6.07, 6.45) is 1.52. The molecule has 0 saturated carbocycles. The molecule has 1 amide bonds. The zero-order valence-electron chi connectivity index (χ0n) is 11.8. The third-order valence-electron chi connectivity index (χ3n) is 4.28. The van der Waals surface area contributed by atoms with Crippen molar-refractivity contribution in [3.05, 3.63) is 41.7 Å². The lowest BCUT2D eigenvalue weighted by Crippen LogP contribution is -2.26. The molecule has 2 aliphatic rings. The van der Waals surface area contributed by atoms with Gasteiger partial charge in [0.2, 0.25) is 5.91 Å². The Kier molecular flexibility index (Phi) is 3.00. The molecule has 108 valence electrons. The van der Waals surface area contributed by atoms with E-state index in [0.717, 1.165) is 36.6 Å². The molecular weight excluding hydrogens is 264 g/mol. The lowest BCUT2D eigenvalue weighted by atomic mass is 10.1. The molecule has 3 heterocycles. The van der Waals surface area contributed by atoms with Crippen LogP contribution in [0.3, 0.4) is 0 Å². The van der Waals surface area contributed by atoms with E-state index < -0.39 is 0 Å². The minimum Gasteiger partial charge on any atom is -0.354 e. The highest BCUT2D eigenvalue weighted by molar-refractivity contribution is 5.78. The first-order chi connectivity index (χ1) is 10.3. The summed E-state index contributed by atoms with van der Waals surface area (Å²) in [5, 5.41) is 6.31. The SMILES string of the molecule is O=C1CC(n2c(-c3ccccc3)nc3c2CCNC3)CN1. The molecule has 2 aromatic rings. The Morgan fingerprint density at radius 1 is 1.24 bits per heavy atom. The van der Waals surface area contributed by atoms with Crippen molar-refractivity contribution in [1.82, 2.24) is 20.2 Å². The van der Waals surface area contributed by atoms with E-state index in [9.17, 15) is 4.79 Å². The van der Waals surface area contributed by atoms with Crippen LogP contribution in [0.2, 0.25) is 0 Å². The van der Waals surface area contributed by atoms with E-state index >= 15 is 0 Å². The monoisotopic (exact) mass is 282 g/mol. The van der Waals surface area contributed by atoms with Gasteiger partial charge in [0.15, 0.2) is 0 Å². The number of nitrogens with one attached hydrogen (secondary N) is 2. The quantitative estimate of drug-likeness (QED) is 0.872. The Morgan fingerprint density at radius 2 is 2.10 bits per heavy atom. The van der Waals surface area contributed by atoms with E-state index in [1.165, 1.54) is 5.69 Å². The zero-order chi connectivity index (χ0) is 14.2. The topological polar surface area (TPSA) is 59.0 Å². The molecule has 2 N–H and O–H groups in total. The number of hydrogen-bond donors (Lipinski definition) is 2. The number of carbonyl (C=O) groups is 1. The van der Waals surface area contributed by atoms with Crippen molar-refractivity contribution in [2.24, 2.45) is 0 Å². The van der Waals surface area contributed by atoms with E-state index in [4.69, 9.17) is 4.98 Å². The fourth-order valence-electron chi connectivity index (χ4n) is 3.29. The van der Waals surface area contributed by atoms with Gasteiger partial charge in [0.05, 0.1) is 11.7 Å².